The molecule has 4 nitrogen and oxygen atoms in total. The molecule has 0 aromatic heterocycles. The van der Waals surface area contributed by atoms with Gasteiger partial charge in [-0.15, -0.1) is 0 Å². The summed E-state index contributed by atoms with van der Waals surface area (Å²) in [6.07, 6.45) is -1.02. The molecule has 0 aliphatic carbocycles. The Labute approximate surface area is 121 Å². The molecule has 1 heterocycles. The fraction of sp³-hybridized carbons (Fsp3) is 0.125. The molecule has 3 N–H and O–H groups in total. The Morgan fingerprint density at radius 2 is 2.00 bits per heavy atom. The number of nitrogens with zero attached hydrogens (tertiary/aromatic N) is 1. The van der Waals surface area contributed by atoms with Gasteiger partial charge in [-0.3, -0.25) is 9.79 Å². The first-order chi connectivity index (χ1) is 10.1. The van der Waals surface area contributed by atoms with Gasteiger partial charge in [-0.25, -0.2) is 4.39 Å². The zero-order chi connectivity index (χ0) is 15.0. The van der Waals surface area contributed by atoms with E-state index in [1.807, 2.05) is 25.1 Å². The number of aliphatic imine (C=N–C) groups is 1. The molecule has 1 unspecified atom stereocenters. The number of nitrogens with one attached hydrogen (secondary N) is 1. The number of benzodiazepines with no additional fused rings is 1. The number of nitrogens with two attached hydrogens (primary N) is 1. The van der Waals surface area contributed by atoms with Gasteiger partial charge in [0.15, 0.2) is 6.17 Å². The van der Waals surface area contributed by atoms with E-state index in [-0.39, 0.29) is 11.7 Å². The number of carbonyl (C=O) groups excluding carboxylic acids is 1. The van der Waals surface area contributed by atoms with Crippen molar-refractivity contribution in [3.8, 4) is 0 Å². The van der Waals surface area contributed by atoms with E-state index in [0.29, 0.717) is 17.0 Å². The SMILES string of the molecule is Cc1cccc2c1NC(=O)C(N)N=C2c1cccc(F)c1. The van der Waals surface area contributed by atoms with Gasteiger partial charge in [0.1, 0.15) is 5.82 Å². The second-order valence-electron chi connectivity index (χ2n) is 4.92. The first-order valence-electron chi connectivity index (χ1n) is 6.56. The molecule has 106 valence electrons. The number of fused-ring (bicyclic) bond motifs is 1. The molecule has 1 aliphatic heterocycles. The largest absolute Gasteiger partial charge is 0.322 e. The predicted molar refractivity (Wildman–Crippen MR) is 79.8 cm³/mol. The quantitative estimate of drug-likeness (QED) is 0.842. The Morgan fingerprint density at radius 1 is 1.24 bits per heavy atom. The molecule has 5 heteroatoms. The normalized spacial score (nSPS) is 17.6. The highest BCUT2D eigenvalue weighted by Crippen LogP contribution is 2.26. The summed E-state index contributed by atoms with van der Waals surface area (Å²) < 4.78 is 13.5. The van der Waals surface area contributed by atoms with Gasteiger partial charge in [-0.2, -0.15) is 0 Å². The molecular formula is C16H14FN3O. The van der Waals surface area contributed by atoms with Gasteiger partial charge in [-0.1, -0.05) is 30.3 Å². The number of aryl methyl sites for hydroxylation is 1. The molecule has 0 fully saturated rings. The topological polar surface area (TPSA) is 67.5 Å². The third-order valence-electron chi connectivity index (χ3n) is 3.41. The molecule has 3 rings (SSSR count). The third kappa shape index (κ3) is 2.43. The Kier molecular flexibility index (Phi) is 3.27. The Morgan fingerprint density at radius 3 is 2.76 bits per heavy atom. The first-order valence-corrected chi connectivity index (χ1v) is 6.56. The molecule has 0 bridgehead atoms. The lowest BCUT2D eigenvalue weighted by molar-refractivity contribution is -0.117. The fourth-order valence-electron chi connectivity index (χ4n) is 2.36. The van der Waals surface area contributed by atoms with Gasteiger partial charge in [-0.05, 0) is 24.6 Å². The van der Waals surface area contributed by atoms with Crippen molar-refractivity contribution < 1.29 is 9.18 Å². The average Bonchev–Trinajstić information content (AvgIpc) is 2.58. The molecule has 0 spiro atoms. The van der Waals surface area contributed by atoms with E-state index < -0.39 is 6.17 Å². The van der Waals surface area contributed by atoms with Gasteiger partial charge in [0.25, 0.3) is 5.91 Å². The first kappa shape index (κ1) is 13.5. The minimum atomic E-state index is -1.02. The van der Waals surface area contributed by atoms with Crippen molar-refractivity contribution in [2.24, 2.45) is 10.7 Å². The molecule has 0 radical (unpaired) electrons. The highest BCUT2D eigenvalue weighted by atomic mass is 19.1. The third-order valence-corrected chi connectivity index (χ3v) is 3.41. The summed E-state index contributed by atoms with van der Waals surface area (Å²) in [5.74, 6) is -0.738. The van der Waals surface area contributed by atoms with Crippen LogP contribution in [0, 0.1) is 12.7 Å². The van der Waals surface area contributed by atoms with Crippen LogP contribution in [0.15, 0.2) is 47.5 Å². The maximum atomic E-state index is 13.5. The second-order valence-corrected chi connectivity index (χ2v) is 4.92. The molecule has 1 aliphatic rings. The summed E-state index contributed by atoms with van der Waals surface area (Å²) in [5, 5.41) is 2.78. The maximum Gasteiger partial charge on any atom is 0.263 e. The lowest BCUT2D eigenvalue weighted by Crippen LogP contribution is -2.33. The lowest BCUT2D eigenvalue weighted by Gasteiger charge is -2.12. The number of anilines is 1. The van der Waals surface area contributed by atoms with Crippen LogP contribution < -0.4 is 11.1 Å². The standard InChI is InChI=1S/C16H14FN3O/c1-9-4-2-7-12-13(9)20-16(21)15(18)19-14(12)10-5-3-6-11(17)8-10/h2-8,15H,18H2,1H3,(H,20,21). The van der Waals surface area contributed by atoms with Gasteiger partial charge in [0.2, 0.25) is 0 Å². The Balaban J connectivity index is 2.25. The number of carbonyl (C=O) groups is 1. The van der Waals surface area contributed by atoms with Crippen LogP contribution in [0.1, 0.15) is 16.7 Å². The van der Waals surface area contributed by atoms with Gasteiger partial charge >= 0.3 is 0 Å². The van der Waals surface area contributed by atoms with Crippen LogP contribution in [0.2, 0.25) is 0 Å². The Bertz CT molecular complexity index is 755. The van der Waals surface area contributed by atoms with Crippen molar-refractivity contribution in [3.05, 3.63) is 65.0 Å². The maximum absolute atomic E-state index is 13.5. The number of rotatable bonds is 1. The van der Waals surface area contributed by atoms with Gasteiger partial charge < -0.3 is 11.1 Å². The van der Waals surface area contributed by atoms with Crippen LogP contribution in [0.4, 0.5) is 10.1 Å². The summed E-state index contributed by atoms with van der Waals surface area (Å²) in [5.41, 5.74) is 9.19. The Hall–Kier alpha value is -2.53. The van der Waals surface area contributed by atoms with Crippen molar-refractivity contribution in [1.82, 2.24) is 0 Å². The minimum absolute atomic E-state index is 0.360. The van der Waals surface area contributed by atoms with E-state index in [9.17, 15) is 9.18 Å². The molecule has 1 atom stereocenters. The van der Waals surface area contributed by atoms with E-state index in [1.165, 1.54) is 12.1 Å². The monoisotopic (exact) mass is 283 g/mol. The van der Waals surface area contributed by atoms with E-state index in [0.717, 1.165) is 11.1 Å². The number of amides is 1. The van der Waals surface area contributed by atoms with Crippen LogP contribution >= 0.6 is 0 Å². The molecule has 0 saturated heterocycles. The van der Waals surface area contributed by atoms with Crippen LogP contribution in [-0.4, -0.2) is 17.8 Å². The zero-order valence-electron chi connectivity index (χ0n) is 11.4. The summed E-state index contributed by atoms with van der Waals surface area (Å²) in [6.45, 7) is 1.89. The molecule has 21 heavy (non-hydrogen) atoms. The number of hydrogen-bond acceptors (Lipinski definition) is 3. The van der Waals surface area contributed by atoms with Crippen molar-refractivity contribution in [1.29, 1.82) is 0 Å². The average molecular weight is 283 g/mol. The van der Waals surface area contributed by atoms with Crippen LogP contribution in [0.25, 0.3) is 0 Å². The van der Waals surface area contributed by atoms with Crippen molar-refractivity contribution in [2.45, 2.75) is 13.1 Å². The second kappa shape index (κ2) is 5.10. The molecule has 0 saturated carbocycles. The van der Waals surface area contributed by atoms with E-state index >= 15 is 0 Å². The zero-order valence-corrected chi connectivity index (χ0v) is 11.4. The van der Waals surface area contributed by atoms with Gasteiger partial charge in [0.05, 0.1) is 11.4 Å². The number of benzene rings is 2. The van der Waals surface area contributed by atoms with Crippen molar-refractivity contribution in [3.63, 3.8) is 0 Å². The van der Waals surface area contributed by atoms with Crippen LogP contribution in [-0.2, 0) is 4.79 Å². The number of para-hydroxylation sites is 1. The summed E-state index contributed by atoms with van der Waals surface area (Å²) in [7, 11) is 0. The molecular weight excluding hydrogens is 269 g/mol. The summed E-state index contributed by atoms with van der Waals surface area (Å²) in [4.78, 5) is 16.2. The van der Waals surface area contributed by atoms with Crippen LogP contribution in [0.5, 0.6) is 0 Å². The lowest BCUT2D eigenvalue weighted by atomic mass is 9.98. The highest BCUT2D eigenvalue weighted by Gasteiger charge is 2.24. The van der Waals surface area contributed by atoms with E-state index in [4.69, 9.17) is 5.73 Å². The fourth-order valence-corrected chi connectivity index (χ4v) is 2.36. The minimum Gasteiger partial charge on any atom is -0.322 e. The van der Waals surface area contributed by atoms with E-state index in [2.05, 4.69) is 10.3 Å². The van der Waals surface area contributed by atoms with Gasteiger partial charge in [0, 0.05) is 11.1 Å². The number of hydrogen-bond donors (Lipinski definition) is 2. The molecule has 2 aromatic rings. The highest BCUT2D eigenvalue weighted by molar-refractivity contribution is 6.19. The molecule has 1 amide bonds. The summed E-state index contributed by atoms with van der Waals surface area (Å²) >= 11 is 0. The van der Waals surface area contributed by atoms with Crippen LogP contribution in [0.3, 0.4) is 0 Å². The molecule has 2 aromatic carbocycles. The predicted octanol–water partition coefficient (Wildman–Crippen LogP) is 2.21. The summed E-state index contributed by atoms with van der Waals surface area (Å²) in [6, 6.07) is 11.7. The van der Waals surface area contributed by atoms with Crippen molar-refractivity contribution >= 4 is 17.3 Å². The smallest absolute Gasteiger partial charge is 0.263 e. The number of halogens is 1. The van der Waals surface area contributed by atoms with Crippen molar-refractivity contribution in [2.75, 3.05) is 5.32 Å². The van der Waals surface area contributed by atoms with E-state index in [1.54, 1.807) is 12.1 Å².